The molecule has 17 heavy (non-hydrogen) atoms. The molecule has 0 atom stereocenters. The molecule has 2 rings (SSSR count). The second kappa shape index (κ2) is 5.05. The van der Waals surface area contributed by atoms with Gasteiger partial charge in [-0.1, -0.05) is 0 Å². The summed E-state index contributed by atoms with van der Waals surface area (Å²) >= 11 is 0. The Kier molecular flexibility index (Phi) is 3.68. The Labute approximate surface area is 103 Å². The van der Waals surface area contributed by atoms with Crippen LogP contribution in [0.3, 0.4) is 0 Å². The smallest absolute Gasteiger partial charge is 0.243 e. The predicted molar refractivity (Wildman–Crippen MR) is 63.1 cm³/mol. The zero-order valence-electron chi connectivity index (χ0n) is 10.4. The maximum Gasteiger partial charge on any atom is 0.243 e. The molecule has 0 bridgehead atoms. The summed E-state index contributed by atoms with van der Waals surface area (Å²) in [5.74, 6) is 0.644. The van der Waals surface area contributed by atoms with E-state index < -0.39 is 5.41 Å². The van der Waals surface area contributed by atoms with Crippen molar-refractivity contribution in [3.8, 4) is 6.07 Å². The summed E-state index contributed by atoms with van der Waals surface area (Å²) < 4.78 is 5.14. The molecule has 1 amide bonds. The zero-order valence-corrected chi connectivity index (χ0v) is 10.4. The lowest BCUT2D eigenvalue weighted by Gasteiger charge is -2.40. The van der Waals surface area contributed by atoms with E-state index in [1.165, 1.54) is 0 Å². The number of ether oxygens (including phenoxy) is 1. The van der Waals surface area contributed by atoms with Crippen LogP contribution < -0.4 is 0 Å². The van der Waals surface area contributed by atoms with Crippen LogP contribution in [-0.4, -0.2) is 37.6 Å². The Bertz CT molecular complexity index is 323. The summed E-state index contributed by atoms with van der Waals surface area (Å²) in [4.78, 5) is 14.2. The topological polar surface area (TPSA) is 53.3 Å². The lowest BCUT2D eigenvalue weighted by molar-refractivity contribution is -0.144. The number of hydrogen-bond donors (Lipinski definition) is 0. The van der Waals surface area contributed by atoms with Crippen LogP contribution in [0.1, 0.15) is 32.1 Å². The first-order valence-corrected chi connectivity index (χ1v) is 6.41. The summed E-state index contributed by atoms with van der Waals surface area (Å²) in [7, 11) is 1.72. The van der Waals surface area contributed by atoms with Crippen LogP contribution in [0.2, 0.25) is 0 Å². The Morgan fingerprint density at radius 1 is 1.47 bits per heavy atom. The lowest BCUT2D eigenvalue weighted by Crippen LogP contribution is -2.50. The molecular weight excluding hydrogens is 216 g/mol. The van der Waals surface area contributed by atoms with Crippen molar-refractivity contribution < 1.29 is 9.53 Å². The molecule has 0 N–H and O–H groups in total. The first kappa shape index (κ1) is 12.4. The van der Waals surface area contributed by atoms with E-state index in [9.17, 15) is 4.79 Å². The van der Waals surface area contributed by atoms with E-state index in [1.54, 1.807) is 7.11 Å². The largest absolute Gasteiger partial charge is 0.384 e. The quantitative estimate of drug-likeness (QED) is 0.747. The van der Waals surface area contributed by atoms with Crippen LogP contribution in [0.5, 0.6) is 0 Å². The molecule has 0 aromatic rings. The van der Waals surface area contributed by atoms with E-state index in [0.717, 1.165) is 51.8 Å². The fraction of sp³-hybridized carbons (Fsp3) is 0.846. The maximum atomic E-state index is 12.3. The molecule has 4 nitrogen and oxygen atoms in total. The normalized spacial score (nSPS) is 23.9. The van der Waals surface area contributed by atoms with Crippen molar-refractivity contribution in [3.63, 3.8) is 0 Å². The van der Waals surface area contributed by atoms with Crippen LogP contribution in [0, 0.1) is 22.7 Å². The lowest BCUT2D eigenvalue weighted by atomic mass is 9.68. The van der Waals surface area contributed by atoms with Crippen LogP contribution >= 0.6 is 0 Å². The first-order chi connectivity index (χ1) is 8.22. The SMILES string of the molecule is COCC1CCN(C(=O)C2(C#N)CCC2)CC1. The highest BCUT2D eigenvalue weighted by atomic mass is 16.5. The number of rotatable bonds is 3. The van der Waals surface area contributed by atoms with E-state index >= 15 is 0 Å². The summed E-state index contributed by atoms with van der Waals surface area (Å²) in [5.41, 5.74) is -0.673. The highest BCUT2D eigenvalue weighted by Crippen LogP contribution is 2.42. The number of nitrogens with zero attached hydrogens (tertiary/aromatic N) is 2. The van der Waals surface area contributed by atoms with Gasteiger partial charge in [0.05, 0.1) is 6.07 Å². The van der Waals surface area contributed by atoms with Gasteiger partial charge in [0.1, 0.15) is 5.41 Å². The molecule has 94 valence electrons. The minimum absolute atomic E-state index is 0.0714. The van der Waals surface area contributed by atoms with Crippen LogP contribution in [0.15, 0.2) is 0 Å². The van der Waals surface area contributed by atoms with E-state index in [-0.39, 0.29) is 5.91 Å². The van der Waals surface area contributed by atoms with Gasteiger partial charge in [0.15, 0.2) is 0 Å². The molecule has 1 heterocycles. The van der Waals surface area contributed by atoms with E-state index in [1.807, 2.05) is 4.90 Å². The fourth-order valence-electron chi connectivity index (χ4n) is 2.74. The molecule has 1 aliphatic carbocycles. The van der Waals surface area contributed by atoms with Crippen molar-refractivity contribution in [2.45, 2.75) is 32.1 Å². The third-order valence-corrected chi connectivity index (χ3v) is 4.13. The first-order valence-electron chi connectivity index (χ1n) is 6.41. The molecule has 0 unspecified atom stereocenters. The van der Waals surface area contributed by atoms with E-state index in [2.05, 4.69) is 6.07 Å². The van der Waals surface area contributed by atoms with Crippen LogP contribution in [0.25, 0.3) is 0 Å². The fourth-order valence-corrected chi connectivity index (χ4v) is 2.74. The second-order valence-electron chi connectivity index (χ2n) is 5.24. The van der Waals surface area contributed by atoms with Gasteiger partial charge in [-0.15, -0.1) is 0 Å². The van der Waals surface area contributed by atoms with Crippen molar-refractivity contribution in [1.82, 2.24) is 4.90 Å². The van der Waals surface area contributed by atoms with Gasteiger partial charge in [-0.3, -0.25) is 4.79 Å². The number of amides is 1. The highest BCUT2D eigenvalue weighted by Gasteiger charge is 2.47. The number of likely N-dealkylation sites (tertiary alicyclic amines) is 1. The molecular formula is C13H20N2O2. The zero-order chi connectivity index (χ0) is 12.3. The third kappa shape index (κ3) is 2.30. The molecule has 2 fully saturated rings. The van der Waals surface area contributed by atoms with Gasteiger partial charge >= 0.3 is 0 Å². The van der Waals surface area contributed by atoms with Gasteiger partial charge in [-0.05, 0) is 38.0 Å². The Morgan fingerprint density at radius 3 is 2.53 bits per heavy atom. The van der Waals surface area contributed by atoms with Crippen molar-refractivity contribution >= 4 is 5.91 Å². The van der Waals surface area contributed by atoms with E-state index in [0.29, 0.717) is 5.92 Å². The van der Waals surface area contributed by atoms with Gasteiger partial charge in [0.2, 0.25) is 5.91 Å². The minimum atomic E-state index is -0.673. The van der Waals surface area contributed by atoms with Gasteiger partial charge in [0, 0.05) is 26.8 Å². The summed E-state index contributed by atoms with van der Waals surface area (Å²) in [5, 5.41) is 9.16. The highest BCUT2D eigenvalue weighted by molar-refractivity contribution is 5.86. The number of hydrogen-bond acceptors (Lipinski definition) is 3. The monoisotopic (exact) mass is 236 g/mol. The molecule has 1 saturated heterocycles. The minimum Gasteiger partial charge on any atom is -0.384 e. The molecule has 2 aliphatic rings. The number of carbonyl (C=O) groups excluding carboxylic acids is 1. The van der Waals surface area contributed by atoms with Gasteiger partial charge < -0.3 is 9.64 Å². The van der Waals surface area contributed by atoms with Crippen LogP contribution in [-0.2, 0) is 9.53 Å². The second-order valence-corrected chi connectivity index (χ2v) is 5.24. The van der Waals surface area contributed by atoms with Gasteiger partial charge in [-0.2, -0.15) is 5.26 Å². The summed E-state index contributed by atoms with van der Waals surface area (Å²) in [6, 6.07) is 2.23. The molecule has 0 radical (unpaired) electrons. The van der Waals surface area contributed by atoms with Crippen molar-refractivity contribution in [2.24, 2.45) is 11.3 Å². The molecule has 0 aromatic carbocycles. The number of carbonyl (C=O) groups is 1. The Hall–Kier alpha value is -1.08. The Morgan fingerprint density at radius 2 is 2.12 bits per heavy atom. The van der Waals surface area contributed by atoms with Crippen molar-refractivity contribution in [3.05, 3.63) is 0 Å². The number of nitriles is 1. The number of piperidine rings is 1. The van der Waals surface area contributed by atoms with Gasteiger partial charge in [0.25, 0.3) is 0 Å². The van der Waals surface area contributed by atoms with Crippen LogP contribution in [0.4, 0.5) is 0 Å². The van der Waals surface area contributed by atoms with Gasteiger partial charge in [-0.25, -0.2) is 0 Å². The predicted octanol–water partition coefficient (Wildman–Crippen LogP) is 1.57. The maximum absolute atomic E-state index is 12.3. The molecule has 1 saturated carbocycles. The molecule has 4 heteroatoms. The summed E-state index contributed by atoms with van der Waals surface area (Å²) in [6.45, 7) is 2.36. The van der Waals surface area contributed by atoms with Crippen molar-refractivity contribution in [1.29, 1.82) is 5.26 Å². The molecule has 0 spiro atoms. The van der Waals surface area contributed by atoms with E-state index in [4.69, 9.17) is 10.00 Å². The Balaban J connectivity index is 1.88. The number of methoxy groups -OCH3 is 1. The third-order valence-electron chi connectivity index (χ3n) is 4.13. The average molecular weight is 236 g/mol. The standard InChI is InChI=1S/C13H20N2O2/c1-17-9-11-3-7-15(8-4-11)12(16)13(10-14)5-2-6-13/h11H,2-9H2,1H3. The molecule has 0 aromatic heterocycles. The van der Waals surface area contributed by atoms with Crippen molar-refractivity contribution in [2.75, 3.05) is 26.8 Å². The molecule has 1 aliphatic heterocycles. The summed E-state index contributed by atoms with van der Waals surface area (Å²) in [6.07, 6.45) is 4.52. The average Bonchev–Trinajstić information content (AvgIpc) is 2.29.